The minimum atomic E-state index is -0.283. The molecule has 0 aliphatic carbocycles. The third-order valence-electron chi connectivity index (χ3n) is 3.55. The number of nitrogens with one attached hydrogen (secondary N) is 1. The fourth-order valence-corrected chi connectivity index (χ4v) is 2.40. The summed E-state index contributed by atoms with van der Waals surface area (Å²) in [5.41, 5.74) is 0.749. The minimum Gasteiger partial charge on any atom is -0.494 e. The first-order valence-electron chi connectivity index (χ1n) is 8.31. The number of amides is 1. The molecular formula is C18H18ClN5O3. The van der Waals surface area contributed by atoms with Crippen molar-refractivity contribution in [2.75, 3.05) is 13.2 Å². The Morgan fingerprint density at radius 1 is 1.07 bits per heavy atom. The van der Waals surface area contributed by atoms with E-state index in [0.717, 1.165) is 11.4 Å². The smallest absolute Gasteiger partial charge is 0.258 e. The zero-order chi connectivity index (χ0) is 19.1. The molecule has 1 N–H and O–H groups in total. The van der Waals surface area contributed by atoms with E-state index in [-0.39, 0.29) is 19.1 Å². The largest absolute Gasteiger partial charge is 0.494 e. The molecule has 0 aliphatic rings. The van der Waals surface area contributed by atoms with Crippen molar-refractivity contribution in [2.24, 2.45) is 0 Å². The molecule has 140 valence electrons. The van der Waals surface area contributed by atoms with Gasteiger partial charge in [-0.2, -0.15) is 4.68 Å². The van der Waals surface area contributed by atoms with Crippen LogP contribution in [0.1, 0.15) is 12.7 Å². The molecule has 0 atom stereocenters. The Labute approximate surface area is 161 Å². The van der Waals surface area contributed by atoms with Gasteiger partial charge in [-0.1, -0.05) is 11.6 Å². The van der Waals surface area contributed by atoms with Gasteiger partial charge in [0, 0.05) is 5.02 Å². The van der Waals surface area contributed by atoms with Gasteiger partial charge in [0.05, 0.1) is 18.8 Å². The molecule has 0 radical (unpaired) electrons. The molecule has 0 unspecified atom stereocenters. The molecule has 27 heavy (non-hydrogen) atoms. The van der Waals surface area contributed by atoms with Gasteiger partial charge in [-0.15, -0.1) is 5.10 Å². The average Bonchev–Trinajstić information content (AvgIpc) is 3.15. The summed E-state index contributed by atoms with van der Waals surface area (Å²) in [6, 6.07) is 14.1. The molecule has 1 heterocycles. The zero-order valence-electron chi connectivity index (χ0n) is 14.6. The number of tetrazole rings is 1. The van der Waals surface area contributed by atoms with Crippen molar-refractivity contribution in [2.45, 2.75) is 13.5 Å². The second-order valence-electron chi connectivity index (χ2n) is 5.45. The van der Waals surface area contributed by atoms with Crippen LogP contribution < -0.4 is 14.8 Å². The summed E-state index contributed by atoms with van der Waals surface area (Å²) in [6.45, 7) is 2.56. The van der Waals surface area contributed by atoms with E-state index in [2.05, 4.69) is 20.8 Å². The van der Waals surface area contributed by atoms with Crippen LogP contribution in [0.2, 0.25) is 5.02 Å². The van der Waals surface area contributed by atoms with Crippen molar-refractivity contribution >= 4 is 17.5 Å². The van der Waals surface area contributed by atoms with Gasteiger partial charge in [0.1, 0.15) is 11.5 Å². The van der Waals surface area contributed by atoms with E-state index >= 15 is 0 Å². The van der Waals surface area contributed by atoms with Crippen molar-refractivity contribution in [3.8, 4) is 17.2 Å². The molecule has 3 rings (SSSR count). The van der Waals surface area contributed by atoms with Gasteiger partial charge in [-0.3, -0.25) is 4.79 Å². The molecule has 8 nitrogen and oxygen atoms in total. The quantitative estimate of drug-likeness (QED) is 0.638. The van der Waals surface area contributed by atoms with Crippen LogP contribution in [0.25, 0.3) is 5.69 Å². The fourth-order valence-electron chi connectivity index (χ4n) is 2.28. The standard InChI is InChI=1S/C18H18ClN5O3/c1-2-26-15-7-9-16(10-8-15)27-12-18(25)20-11-17-21-22-23-24(17)14-5-3-13(19)4-6-14/h3-10H,2,11-12H2,1H3,(H,20,25). The second kappa shape index (κ2) is 9.00. The lowest BCUT2D eigenvalue weighted by Crippen LogP contribution is -2.29. The highest BCUT2D eigenvalue weighted by Gasteiger charge is 2.10. The van der Waals surface area contributed by atoms with Gasteiger partial charge in [0.25, 0.3) is 5.91 Å². The SMILES string of the molecule is CCOc1ccc(OCC(=O)NCc2nnnn2-c2ccc(Cl)cc2)cc1. The Hall–Kier alpha value is -3.13. The van der Waals surface area contributed by atoms with Crippen molar-refractivity contribution < 1.29 is 14.3 Å². The molecule has 9 heteroatoms. The van der Waals surface area contributed by atoms with Crippen molar-refractivity contribution in [1.29, 1.82) is 0 Å². The van der Waals surface area contributed by atoms with Gasteiger partial charge in [-0.25, -0.2) is 0 Å². The molecule has 1 amide bonds. The highest BCUT2D eigenvalue weighted by molar-refractivity contribution is 6.30. The monoisotopic (exact) mass is 387 g/mol. The van der Waals surface area contributed by atoms with Crippen molar-refractivity contribution in [3.05, 3.63) is 59.4 Å². The van der Waals surface area contributed by atoms with E-state index in [0.29, 0.717) is 23.2 Å². The van der Waals surface area contributed by atoms with E-state index in [1.165, 1.54) is 4.68 Å². The minimum absolute atomic E-state index is 0.115. The molecule has 0 fully saturated rings. The summed E-state index contributed by atoms with van der Waals surface area (Å²) < 4.78 is 12.3. The lowest BCUT2D eigenvalue weighted by molar-refractivity contribution is -0.123. The summed E-state index contributed by atoms with van der Waals surface area (Å²) in [5.74, 6) is 1.55. The summed E-state index contributed by atoms with van der Waals surface area (Å²) in [6.07, 6.45) is 0. The van der Waals surface area contributed by atoms with Gasteiger partial charge < -0.3 is 14.8 Å². The van der Waals surface area contributed by atoms with E-state index < -0.39 is 0 Å². The number of hydrogen-bond donors (Lipinski definition) is 1. The van der Waals surface area contributed by atoms with E-state index in [1.54, 1.807) is 48.5 Å². The van der Waals surface area contributed by atoms with Crippen LogP contribution in [-0.2, 0) is 11.3 Å². The molecule has 0 saturated heterocycles. The second-order valence-corrected chi connectivity index (χ2v) is 5.89. The molecular weight excluding hydrogens is 370 g/mol. The topological polar surface area (TPSA) is 91.2 Å². The lowest BCUT2D eigenvalue weighted by Gasteiger charge is -2.09. The Kier molecular flexibility index (Phi) is 6.22. The van der Waals surface area contributed by atoms with Crippen molar-refractivity contribution in [1.82, 2.24) is 25.5 Å². The number of aromatic nitrogens is 4. The lowest BCUT2D eigenvalue weighted by atomic mass is 10.3. The van der Waals surface area contributed by atoms with Crippen LogP contribution >= 0.6 is 11.6 Å². The number of carbonyl (C=O) groups is 1. The Bertz CT molecular complexity index is 881. The summed E-state index contributed by atoms with van der Waals surface area (Å²) in [4.78, 5) is 12.0. The van der Waals surface area contributed by atoms with E-state index in [4.69, 9.17) is 21.1 Å². The molecule has 0 saturated carbocycles. The first-order valence-corrected chi connectivity index (χ1v) is 8.69. The Morgan fingerprint density at radius 3 is 2.41 bits per heavy atom. The molecule has 3 aromatic rings. The number of benzene rings is 2. The van der Waals surface area contributed by atoms with Gasteiger partial charge >= 0.3 is 0 Å². The van der Waals surface area contributed by atoms with Crippen LogP contribution in [0.15, 0.2) is 48.5 Å². The van der Waals surface area contributed by atoms with Gasteiger partial charge in [0.2, 0.25) is 0 Å². The highest BCUT2D eigenvalue weighted by Crippen LogP contribution is 2.17. The molecule has 0 aliphatic heterocycles. The summed E-state index contributed by atoms with van der Waals surface area (Å²) in [7, 11) is 0. The summed E-state index contributed by atoms with van der Waals surface area (Å²) >= 11 is 5.89. The van der Waals surface area contributed by atoms with Crippen LogP contribution in [0.5, 0.6) is 11.5 Å². The number of ether oxygens (including phenoxy) is 2. The van der Waals surface area contributed by atoms with E-state index in [1.807, 2.05) is 6.92 Å². The number of nitrogens with zero attached hydrogens (tertiary/aromatic N) is 4. The van der Waals surface area contributed by atoms with Crippen molar-refractivity contribution in [3.63, 3.8) is 0 Å². The molecule has 2 aromatic carbocycles. The third-order valence-corrected chi connectivity index (χ3v) is 3.81. The maximum atomic E-state index is 12.0. The number of hydrogen-bond acceptors (Lipinski definition) is 6. The molecule has 0 spiro atoms. The van der Waals surface area contributed by atoms with E-state index in [9.17, 15) is 4.79 Å². The molecule has 1 aromatic heterocycles. The van der Waals surface area contributed by atoms with Crippen LogP contribution in [0.3, 0.4) is 0 Å². The average molecular weight is 388 g/mol. The van der Waals surface area contributed by atoms with Gasteiger partial charge in [0.15, 0.2) is 12.4 Å². The third kappa shape index (κ3) is 5.18. The summed E-state index contributed by atoms with van der Waals surface area (Å²) in [5, 5.41) is 14.9. The number of carbonyl (C=O) groups excluding carboxylic acids is 1. The van der Waals surface area contributed by atoms with Crippen LogP contribution in [-0.4, -0.2) is 39.3 Å². The van der Waals surface area contributed by atoms with Crippen LogP contribution in [0.4, 0.5) is 0 Å². The molecule has 0 bridgehead atoms. The first-order chi connectivity index (χ1) is 13.2. The Morgan fingerprint density at radius 2 is 1.74 bits per heavy atom. The zero-order valence-corrected chi connectivity index (χ0v) is 15.4. The fraction of sp³-hybridized carbons (Fsp3) is 0.222. The predicted molar refractivity (Wildman–Crippen MR) is 99.1 cm³/mol. The highest BCUT2D eigenvalue weighted by atomic mass is 35.5. The maximum Gasteiger partial charge on any atom is 0.258 e. The van der Waals surface area contributed by atoms with Crippen LogP contribution in [0, 0.1) is 0 Å². The van der Waals surface area contributed by atoms with Gasteiger partial charge in [-0.05, 0) is 65.9 Å². The Balaban J connectivity index is 1.51. The number of rotatable bonds is 8. The number of halogens is 1. The normalized spacial score (nSPS) is 10.4. The first kappa shape index (κ1) is 18.7. The maximum absolute atomic E-state index is 12.0. The predicted octanol–water partition coefficient (Wildman–Crippen LogP) is 2.41.